The molecule has 0 aliphatic carbocycles. The molecular weight excluding hydrogens is 230 g/mol. The minimum atomic E-state index is -0.348. The number of hydrogen-bond acceptors (Lipinski definition) is 4. The smallest absolute Gasteiger partial charge is 0.237 e. The summed E-state index contributed by atoms with van der Waals surface area (Å²) in [5.41, 5.74) is 14.2. The van der Waals surface area contributed by atoms with Crippen molar-refractivity contribution >= 4 is 11.6 Å². The normalized spacial score (nSPS) is 20.8. The number of morpholine rings is 1. The van der Waals surface area contributed by atoms with E-state index < -0.39 is 0 Å². The number of hydrogen-bond donors (Lipinski definition) is 2. The first-order valence-electron chi connectivity index (χ1n) is 6.04. The third-order valence-electron chi connectivity index (χ3n) is 3.43. The molecule has 2 rings (SSSR count). The Morgan fingerprint density at radius 1 is 1.56 bits per heavy atom. The summed E-state index contributed by atoms with van der Waals surface area (Å²) in [6.07, 6.45) is 0. The van der Waals surface area contributed by atoms with Crippen molar-refractivity contribution in [2.45, 2.75) is 19.5 Å². The van der Waals surface area contributed by atoms with E-state index in [1.807, 2.05) is 30.0 Å². The number of benzene rings is 1. The van der Waals surface area contributed by atoms with Crippen LogP contribution in [-0.4, -0.2) is 36.6 Å². The first kappa shape index (κ1) is 12.9. The summed E-state index contributed by atoms with van der Waals surface area (Å²) in [7, 11) is 0. The number of nitrogens with two attached hydrogens (primary N) is 2. The molecule has 1 amide bonds. The molecule has 4 N–H and O–H groups in total. The van der Waals surface area contributed by atoms with Gasteiger partial charge in [-0.1, -0.05) is 12.1 Å². The Labute approximate surface area is 107 Å². The molecule has 1 aliphatic heterocycles. The van der Waals surface area contributed by atoms with E-state index in [0.717, 1.165) is 16.8 Å². The lowest BCUT2D eigenvalue weighted by Gasteiger charge is -2.33. The lowest BCUT2D eigenvalue weighted by atomic mass is 10.1. The van der Waals surface area contributed by atoms with E-state index in [-0.39, 0.29) is 11.9 Å². The SMILES string of the molecule is Cc1c(N)cccc1CN1CCOCC1C(N)=O. The predicted molar refractivity (Wildman–Crippen MR) is 69.8 cm³/mol. The van der Waals surface area contributed by atoms with Crippen LogP contribution in [0.5, 0.6) is 0 Å². The van der Waals surface area contributed by atoms with Gasteiger partial charge < -0.3 is 16.2 Å². The van der Waals surface area contributed by atoms with Gasteiger partial charge in [0.2, 0.25) is 5.91 Å². The largest absolute Gasteiger partial charge is 0.399 e. The molecule has 1 fully saturated rings. The molecule has 98 valence electrons. The summed E-state index contributed by atoms with van der Waals surface area (Å²) in [6.45, 7) is 4.38. The molecule has 0 bridgehead atoms. The Bertz CT molecular complexity index is 448. The molecule has 18 heavy (non-hydrogen) atoms. The van der Waals surface area contributed by atoms with Gasteiger partial charge in [0.05, 0.1) is 13.2 Å². The molecule has 1 saturated heterocycles. The van der Waals surface area contributed by atoms with Gasteiger partial charge in [0.15, 0.2) is 0 Å². The maximum absolute atomic E-state index is 11.4. The molecule has 1 heterocycles. The highest BCUT2D eigenvalue weighted by molar-refractivity contribution is 5.80. The van der Waals surface area contributed by atoms with Crippen LogP contribution in [0.15, 0.2) is 18.2 Å². The summed E-state index contributed by atoms with van der Waals surface area (Å²) < 4.78 is 5.30. The third kappa shape index (κ3) is 2.63. The van der Waals surface area contributed by atoms with Gasteiger partial charge in [-0.2, -0.15) is 0 Å². The second kappa shape index (κ2) is 5.37. The van der Waals surface area contributed by atoms with Crippen molar-refractivity contribution in [2.75, 3.05) is 25.5 Å². The van der Waals surface area contributed by atoms with Crippen LogP contribution >= 0.6 is 0 Å². The van der Waals surface area contributed by atoms with E-state index in [9.17, 15) is 4.79 Å². The van der Waals surface area contributed by atoms with Crippen LogP contribution < -0.4 is 11.5 Å². The Morgan fingerprint density at radius 2 is 2.33 bits per heavy atom. The molecule has 5 nitrogen and oxygen atoms in total. The van der Waals surface area contributed by atoms with Gasteiger partial charge in [0.1, 0.15) is 6.04 Å². The van der Waals surface area contributed by atoms with Crippen molar-refractivity contribution in [1.29, 1.82) is 0 Å². The molecule has 1 aromatic rings. The van der Waals surface area contributed by atoms with E-state index in [0.29, 0.717) is 26.3 Å². The highest BCUT2D eigenvalue weighted by atomic mass is 16.5. The van der Waals surface area contributed by atoms with Gasteiger partial charge >= 0.3 is 0 Å². The minimum absolute atomic E-state index is 0.337. The van der Waals surface area contributed by atoms with Crippen molar-refractivity contribution in [2.24, 2.45) is 5.73 Å². The number of rotatable bonds is 3. The lowest BCUT2D eigenvalue weighted by molar-refractivity contribution is -0.129. The number of nitrogens with zero attached hydrogens (tertiary/aromatic N) is 1. The van der Waals surface area contributed by atoms with Gasteiger partial charge in [0.25, 0.3) is 0 Å². The fourth-order valence-electron chi connectivity index (χ4n) is 2.18. The average Bonchev–Trinajstić information content (AvgIpc) is 2.35. The molecule has 0 spiro atoms. The maximum Gasteiger partial charge on any atom is 0.237 e. The molecule has 1 unspecified atom stereocenters. The maximum atomic E-state index is 11.4. The molecule has 1 aliphatic rings. The fraction of sp³-hybridized carbons (Fsp3) is 0.462. The monoisotopic (exact) mass is 249 g/mol. The second-order valence-electron chi connectivity index (χ2n) is 4.59. The van der Waals surface area contributed by atoms with Crippen LogP contribution in [-0.2, 0) is 16.1 Å². The highest BCUT2D eigenvalue weighted by Crippen LogP contribution is 2.19. The van der Waals surface area contributed by atoms with Gasteiger partial charge in [-0.05, 0) is 24.1 Å². The molecule has 1 aromatic carbocycles. The summed E-state index contributed by atoms with van der Waals surface area (Å²) in [5.74, 6) is -0.337. The third-order valence-corrected chi connectivity index (χ3v) is 3.43. The topological polar surface area (TPSA) is 81.6 Å². The Kier molecular flexibility index (Phi) is 3.84. The number of ether oxygens (including phenoxy) is 1. The van der Waals surface area contributed by atoms with Crippen LogP contribution in [0.2, 0.25) is 0 Å². The zero-order chi connectivity index (χ0) is 13.1. The van der Waals surface area contributed by atoms with Crippen molar-refractivity contribution in [3.8, 4) is 0 Å². The molecule has 5 heteroatoms. The molecule has 0 radical (unpaired) electrons. The highest BCUT2D eigenvalue weighted by Gasteiger charge is 2.27. The van der Waals surface area contributed by atoms with Crippen LogP contribution in [0.1, 0.15) is 11.1 Å². The lowest BCUT2D eigenvalue weighted by Crippen LogP contribution is -2.51. The Balaban J connectivity index is 2.16. The van der Waals surface area contributed by atoms with Crippen LogP contribution in [0.4, 0.5) is 5.69 Å². The predicted octanol–water partition coefficient (Wildman–Crippen LogP) is 0.263. The first-order valence-corrected chi connectivity index (χ1v) is 6.04. The van der Waals surface area contributed by atoms with Crippen LogP contribution in [0, 0.1) is 6.92 Å². The van der Waals surface area contributed by atoms with Gasteiger partial charge in [-0.25, -0.2) is 0 Å². The first-order chi connectivity index (χ1) is 8.59. The number of carbonyl (C=O) groups is 1. The van der Waals surface area contributed by atoms with Gasteiger partial charge in [-0.3, -0.25) is 9.69 Å². The van der Waals surface area contributed by atoms with E-state index in [1.165, 1.54) is 0 Å². The fourth-order valence-corrected chi connectivity index (χ4v) is 2.18. The number of nitrogen functional groups attached to an aromatic ring is 1. The van der Waals surface area contributed by atoms with Crippen molar-refractivity contribution < 1.29 is 9.53 Å². The van der Waals surface area contributed by atoms with Crippen LogP contribution in [0.3, 0.4) is 0 Å². The quantitative estimate of drug-likeness (QED) is 0.753. The summed E-state index contributed by atoms with van der Waals surface area (Å²) in [4.78, 5) is 13.4. The zero-order valence-electron chi connectivity index (χ0n) is 10.6. The van der Waals surface area contributed by atoms with E-state index in [4.69, 9.17) is 16.2 Å². The number of primary amides is 1. The van der Waals surface area contributed by atoms with Crippen molar-refractivity contribution in [3.63, 3.8) is 0 Å². The van der Waals surface area contributed by atoms with E-state index in [1.54, 1.807) is 0 Å². The molecular formula is C13H19N3O2. The average molecular weight is 249 g/mol. The van der Waals surface area contributed by atoms with Crippen LogP contribution in [0.25, 0.3) is 0 Å². The molecule has 0 aromatic heterocycles. The number of amides is 1. The zero-order valence-corrected chi connectivity index (χ0v) is 10.6. The molecule has 1 atom stereocenters. The summed E-state index contributed by atoms with van der Waals surface area (Å²) in [6, 6.07) is 5.49. The van der Waals surface area contributed by atoms with Crippen molar-refractivity contribution in [3.05, 3.63) is 29.3 Å². The summed E-state index contributed by atoms with van der Waals surface area (Å²) >= 11 is 0. The van der Waals surface area contributed by atoms with Gasteiger partial charge in [0, 0.05) is 18.8 Å². The minimum Gasteiger partial charge on any atom is -0.399 e. The van der Waals surface area contributed by atoms with E-state index >= 15 is 0 Å². The van der Waals surface area contributed by atoms with E-state index in [2.05, 4.69) is 0 Å². The Morgan fingerprint density at radius 3 is 3.06 bits per heavy atom. The summed E-state index contributed by atoms with van der Waals surface area (Å²) in [5, 5.41) is 0. The molecule has 0 saturated carbocycles. The number of carbonyl (C=O) groups excluding carboxylic acids is 1. The van der Waals surface area contributed by atoms with Crippen molar-refractivity contribution in [1.82, 2.24) is 4.90 Å². The second-order valence-corrected chi connectivity index (χ2v) is 4.59. The number of anilines is 1. The Hall–Kier alpha value is -1.59. The standard InChI is InChI=1S/C13H19N3O2/c1-9-10(3-2-4-11(9)14)7-16-5-6-18-8-12(16)13(15)17/h2-4,12H,5-8,14H2,1H3,(H2,15,17). The van der Waals surface area contributed by atoms with Gasteiger partial charge in [-0.15, -0.1) is 0 Å².